The van der Waals surface area contributed by atoms with Crippen LogP contribution in [0.15, 0.2) is 91.0 Å². The summed E-state index contributed by atoms with van der Waals surface area (Å²) in [7, 11) is 1.26. The van der Waals surface area contributed by atoms with Crippen LogP contribution in [0.25, 0.3) is 0 Å². The summed E-state index contributed by atoms with van der Waals surface area (Å²) in [5.41, 5.74) is 2.50. The first-order chi connectivity index (χ1) is 20.9. The highest BCUT2D eigenvalue weighted by atomic mass is 35.5. The van der Waals surface area contributed by atoms with Crippen molar-refractivity contribution < 1.29 is 28.7 Å². The number of nitrogens with one attached hydrogen (secondary N) is 1. The first-order valence-electron chi connectivity index (χ1n) is 14.1. The zero-order valence-electron chi connectivity index (χ0n) is 24.2. The van der Waals surface area contributed by atoms with Crippen LogP contribution in [0.4, 0.5) is 0 Å². The topological polar surface area (TPSA) is 102 Å². The lowest BCUT2D eigenvalue weighted by Crippen LogP contribution is -2.43. The van der Waals surface area contributed by atoms with E-state index >= 15 is 0 Å². The Morgan fingerprint density at radius 3 is 2.23 bits per heavy atom. The number of rotatable bonds is 17. The van der Waals surface area contributed by atoms with Gasteiger partial charge in [0.1, 0.15) is 18.4 Å². The fraction of sp³-hybridized carbons (Fsp3) is 0.294. The van der Waals surface area contributed by atoms with Crippen LogP contribution in [0.2, 0.25) is 5.02 Å². The number of amides is 2. The molecule has 0 aliphatic rings. The van der Waals surface area contributed by atoms with Gasteiger partial charge in [0.05, 0.1) is 12.7 Å². The predicted octanol–water partition coefficient (Wildman–Crippen LogP) is 5.23. The lowest BCUT2D eigenvalue weighted by molar-refractivity contribution is -0.145. The minimum Gasteiger partial charge on any atom is -0.489 e. The van der Waals surface area contributed by atoms with E-state index in [2.05, 4.69) is 5.32 Å². The van der Waals surface area contributed by atoms with E-state index in [4.69, 9.17) is 21.1 Å². The first kappa shape index (κ1) is 33.1. The van der Waals surface area contributed by atoms with Crippen LogP contribution in [-0.2, 0) is 32.0 Å². The molecule has 3 aromatic carbocycles. The number of carbonyl (C=O) groups is 4. The summed E-state index contributed by atoms with van der Waals surface area (Å²) in [6.07, 6.45) is 5.84. The summed E-state index contributed by atoms with van der Waals surface area (Å²) in [6, 6.07) is 23.3. The maximum absolute atomic E-state index is 13.3. The Labute approximate surface area is 257 Å². The van der Waals surface area contributed by atoms with E-state index in [0.717, 1.165) is 11.1 Å². The smallest absolute Gasteiger partial charge is 0.328 e. The molecule has 3 rings (SSSR count). The second kappa shape index (κ2) is 18.2. The van der Waals surface area contributed by atoms with Gasteiger partial charge < -0.3 is 19.7 Å². The summed E-state index contributed by atoms with van der Waals surface area (Å²) in [4.78, 5) is 51.3. The van der Waals surface area contributed by atoms with Crippen LogP contribution in [-0.4, -0.2) is 61.8 Å². The van der Waals surface area contributed by atoms with Crippen LogP contribution in [0, 0.1) is 0 Å². The molecule has 1 N–H and O–H groups in total. The molecular weight excluding hydrogens is 568 g/mol. The molecule has 8 nitrogen and oxygen atoms in total. The zero-order valence-corrected chi connectivity index (χ0v) is 25.0. The van der Waals surface area contributed by atoms with Crippen molar-refractivity contribution in [1.82, 2.24) is 10.2 Å². The molecule has 0 bridgehead atoms. The van der Waals surface area contributed by atoms with Crippen molar-refractivity contribution in [3.63, 3.8) is 0 Å². The number of aldehydes is 1. The minimum absolute atomic E-state index is 0.0447. The standard InChI is InChI=1S/C34H37ClN2O6/c1-42-34(41)30(36-32(39)18-14-26-10-4-2-5-11-26)17-19-33(40)37(22-20-27-12-6-3-7-13-27)21-8-9-23-43-31-24-29(35)16-15-28(31)25-38/h2-13,15-16,24-25,30H,14,17-23H2,1H3,(H,36,39)/b9-8+/t30-/m0/s1. The molecule has 0 fully saturated rings. The second-order valence-corrected chi connectivity index (χ2v) is 10.3. The fourth-order valence-electron chi connectivity index (χ4n) is 4.35. The molecular formula is C34H37ClN2O6. The SMILES string of the molecule is COC(=O)[C@H](CCC(=O)N(C/C=C/COc1cc(Cl)ccc1C=O)CCc1ccccc1)NC(=O)CCc1ccccc1. The number of carbonyl (C=O) groups excluding carboxylic acids is 4. The number of nitrogens with zero attached hydrogens (tertiary/aromatic N) is 1. The lowest BCUT2D eigenvalue weighted by Gasteiger charge is -2.23. The van der Waals surface area contributed by atoms with Crippen LogP contribution in [0.1, 0.15) is 40.7 Å². The maximum atomic E-state index is 13.3. The first-order valence-corrected chi connectivity index (χ1v) is 14.5. The average molecular weight is 605 g/mol. The Morgan fingerprint density at radius 1 is 0.907 bits per heavy atom. The van der Waals surface area contributed by atoms with Gasteiger partial charge in [0.25, 0.3) is 0 Å². The Kier molecular flexibility index (Phi) is 14.0. The number of esters is 1. The van der Waals surface area contributed by atoms with Gasteiger partial charge in [-0.05, 0) is 54.7 Å². The van der Waals surface area contributed by atoms with E-state index in [1.165, 1.54) is 7.11 Å². The summed E-state index contributed by atoms with van der Waals surface area (Å²) in [5.74, 6) is -0.659. The van der Waals surface area contributed by atoms with E-state index in [1.54, 1.807) is 29.2 Å². The molecule has 3 aromatic rings. The van der Waals surface area contributed by atoms with Crippen LogP contribution in [0.5, 0.6) is 5.75 Å². The van der Waals surface area contributed by atoms with Gasteiger partial charge in [-0.1, -0.05) is 78.3 Å². The Balaban J connectivity index is 1.58. The van der Waals surface area contributed by atoms with Gasteiger partial charge in [-0.2, -0.15) is 0 Å². The molecule has 0 aromatic heterocycles. The zero-order chi connectivity index (χ0) is 30.9. The number of hydrogen-bond donors (Lipinski definition) is 1. The van der Waals surface area contributed by atoms with E-state index < -0.39 is 12.0 Å². The molecule has 0 aliphatic carbocycles. The van der Waals surface area contributed by atoms with Crippen molar-refractivity contribution in [3.8, 4) is 5.75 Å². The van der Waals surface area contributed by atoms with Crippen molar-refractivity contribution in [2.45, 2.75) is 38.1 Å². The van der Waals surface area contributed by atoms with Gasteiger partial charge in [-0.15, -0.1) is 0 Å². The summed E-state index contributed by atoms with van der Waals surface area (Å²) in [6.45, 7) is 0.961. The van der Waals surface area contributed by atoms with Crippen LogP contribution >= 0.6 is 11.6 Å². The van der Waals surface area contributed by atoms with Crippen molar-refractivity contribution in [3.05, 3.63) is 113 Å². The maximum Gasteiger partial charge on any atom is 0.328 e. The number of aryl methyl sites for hydroxylation is 1. The highest BCUT2D eigenvalue weighted by Crippen LogP contribution is 2.22. The molecule has 1 atom stereocenters. The number of benzene rings is 3. The number of methoxy groups -OCH3 is 1. The highest BCUT2D eigenvalue weighted by Gasteiger charge is 2.24. The summed E-state index contributed by atoms with van der Waals surface area (Å²) < 4.78 is 10.6. The quantitative estimate of drug-likeness (QED) is 0.129. The third kappa shape index (κ3) is 11.8. The third-order valence-corrected chi connectivity index (χ3v) is 6.98. The lowest BCUT2D eigenvalue weighted by atomic mass is 10.1. The fourth-order valence-corrected chi connectivity index (χ4v) is 4.51. The largest absolute Gasteiger partial charge is 0.489 e. The van der Waals surface area contributed by atoms with E-state index in [9.17, 15) is 19.2 Å². The van der Waals surface area contributed by atoms with Crippen molar-refractivity contribution >= 4 is 35.7 Å². The van der Waals surface area contributed by atoms with E-state index in [-0.39, 0.29) is 37.7 Å². The van der Waals surface area contributed by atoms with Gasteiger partial charge in [0.2, 0.25) is 11.8 Å². The van der Waals surface area contributed by atoms with Gasteiger partial charge in [-0.25, -0.2) is 4.79 Å². The van der Waals surface area contributed by atoms with E-state index in [0.29, 0.717) is 48.6 Å². The van der Waals surface area contributed by atoms with Gasteiger partial charge in [-0.3, -0.25) is 14.4 Å². The molecule has 43 heavy (non-hydrogen) atoms. The molecule has 0 radical (unpaired) electrons. The molecule has 0 heterocycles. The Morgan fingerprint density at radius 2 is 1.58 bits per heavy atom. The van der Waals surface area contributed by atoms with E-state index in [1.807, 2.05) is 66.7 Å². The molecule has 0 aliphatic heterocycles. The second-order valence-electron chi connectivity index (χ2n) is 9.83. The Hall–Kier alpha value is -4.43. The monoisotopic (exact) mass is 604 g/mol. The van der Waals surface area contributed by atoms with Crippen LogP contribution < -0.4 is 10.1 Å². The highest BCUT2D eigenvalue weighted by molar-refractivity contribution is 6.30. The molecule has 0 unspecified atom stereocenters. The van der Waals surface area contributed by atoms with Gasteiger partial charge in [0, 0.05) is 31.0 Å². The molecule has 2 amide bonds. The number of halogens is 1. The minimum atomic E-state index is -0.929. The van der Waals surface area contributed by atoms with Crippen LogP contribution in [0.3, 0.4) is 0 Å². The molecule has 0 spiro atoms. The number of hydrogen-bond acceptors (Lipinski definition) is 6. The normalized spacial score (nSPS) is 11.5. The van der Waals surface area contributed by atoms with Crippen molar-refractivity contribution in [2.24, 2.45) is 0 Å². The Bertz CT molecular complexity index is 1360. The average Bonchev–Trinajstić information content (AvgIpc) is 3.03. The third-order valence-electron chi connectivity index (χ3n) is 6.75. The van der Waals surface area contributed by atoms with Gasteiger partial charge >= 0.3 is 5.97 Å². The van der Waals surface area contributed by atoms with Crippen molar-refractivity contribution in [2.75, 3.05) is 26.8 Å². The van der Waals surface area contributed by atoms with Gasteiger partial charge in [0.15, 0.2) is 6.29 Å². The summed E-state index contributed by atoms with van der Waals surface area (Å²) >= 11 is 6.01. The molecule has 0 saturated carbocycles. The number of ether oxygens (including phenoxy) is 2. The predicted molar refractivity (Wildman–Crippen MR) is 166 cm³/mol. The molecule has 0 saturated heterocycles. The van der Waals surface area contributed by atoms with Crippen molar-refractivity contribution in [1.29, 1.82) is 0 Å². The summed E-state index contributed by atoms with van der Waals surface area (Å²) in [5, 5.41) is 3.19. The molecule has 9 heteroatoms. The molecule has 226 valence electrons.